The van der Waals surface area contributed by atoms with Crippen LogP contribution in [0.5, 0.6) is 5.75 Å². The molecule has 1 aliphatic carbocycles. The summed E-state index contributed by atoms with van der Waals surface area (Å²) in [6, 6.07) is 12.2. The normalized spacial score (nSPS) is 13.6. The second-order valence-electron chi connectivity index (χ2n) is 6.40. The van der Waals surface area contributed by atoms with E-state index in [1.54, 1.807) is 6.20 Å². The van der Waals surface area contributed by atoms with E-state index in [-0.39, 0.29) is 0 Å². The maximum Gasteiger partial charge on any atom is 0.153 e. The van der Waals surface area contributed by atoms with E-state index in [1.165, 1.54) is 24.7 Å². The van der Waals surface area contributed by atoms with Gasteiger partial charge in [0.05, 0.1) is 6.61 Å². The minimum Gasteiger partial charge on any atom is -0.493 e. The van der Waals surface area contributed by atoms with Crippen LogP contribution < -0.4 is 10.1 Å². The van der Waals surface area contributed by atoms with E-state index >= 15 is 0 Å². The van der Waals surface area contributed by atoms with Gasteiger partial charge in [0.15, 0.2) is 5.82 Å². The van der Waals surface area contributed by atoms with Crippen molar-refractivity contribution < 1.29 is 4.74 Å². The summed E-state index contributed by atoms with van der Waals surface area (Å²) in [7, 11) is 0. The lowest BCUT2D eigenvalue weighted by molar-refractivity contribution is 0.299. The molecule has 1 aromatic carbocycles. The summed E-state index contributed by atoms with van der Waals surface area (Å²) >= 11 is 0. The average Bonchev–Trinajstić information content (AvgIpc) is 3.38. The molecule has 3 aromatic rings. The summed E-state index contributed by atoms with van der Waals surface area (Å²) in [5.74, 6) is 3.23. The van der Waals surface area contributed by atoms with Crippen LogP contribution in [0.25, 0.3) is 0 Å². The Morgan fingerprint density at radius 3 is 2.92 bits per heavy atom. The smallest absolute Gasteiger partial charge is 0.153 e. The molecule has 1 saturated carbocycles. The number of hydrogen-bond donors (Lipinski definition) is 2. The van der Waals surface area contributed by atoms with Gasteiger partial charge in [0, 0.05) is 18.0 Å². The van der Waals surface area contributed by atoms with Crippen LogP contribution in [0.3, 0.4) is 0 Å². The molecule has 6 nitrogen and oxygen atoms in total. The lowest BCUT2D eigenvalue weighted by Crippen LogP contribution is -1.99. The minimum absolute atomic E-state index is 0.730. The van der Waals surface area contributed by atoms with Crippen LogP contribution in [-0.2, 0) is 12.8 Å². The quantitative estimate of drug-likeness (QED) is 0.659. The van der Waals surface area contributed by atoms with Gasteiger partial charge in [-0.3, -0.25) is 5.10 Å². The zero-order chi connectivity index (χ0) is 16.9. The Morgan fingerprint density at radius 2 is 2.08 bits per heavy atom. The van der Waals surface area contributed by atoms with E-state index in [0.717, 1.165) is 48.4 Å². The van der Waals surface area contributed by atoms with Gasteiger partial charge in [-0.2, -0.15) is 5.10 Å². The topological polar surface area (TPSA) is 75.7 Å². The van der Waals surface area contributed by atoms with E-state index in [1.807, 2.05) is 18.2 Å². The molecule has 1 aliphatic rings. The largest absolute Gasteiger partial charge is 0.493 e. The predicted molar refractivity (Wildman–Crippen MR) is 96.0 cm³/mol. The second-order valence-corrected chi connectivity index (χ2v) is 6.40. The highest BCUT2D eigenvalue weighted by Crippen LogP contribution is 2.29. The third-order valence-electron chi connectivity index (χ3n) is 4.23. The Balaban J connectivity index is 1.31. The van der Waals surface area contributed by atoms with Gasteiger partial charge < -0.3 is 10.1 Å². The molecular formula is C19H21N5O. The lowest BCUT2D eigenvalue weighted by Gasteiger charge is -2.07. The fraction of sp³-hybridized carbons (Fsp3) is 0.316. The van der Waals surface area contributed by atoms with Crippen molar-refractivity contribution in [2.45, 2.75) is 25.7 Å². The first-order chi connectivity index (χ1) is 12.3. The lowest BCUT2D eigenvalue weighted by atomic mass is 10.1. The highest BCUT2D eigenvalue weighted by molar-refractivity contribution is 5.50. The maximum atomic E-state index is 5.85. The van der Waals surface area contributed by atoms with Gasteiger partial charge in [-0.15, -0.1) is 0 Å². The summed E-state index contributed by atoms with van der Waals surface area (Å²) in [6.45, 7) is 0.849. The van der Waals surface area contributed by atoms with Gasteiger partial charge in [-0.25, -0.2) is 9.97 Å². The summed E-state index contributed by atoms with van der Waals surface area (Å²) in [5.41, 5.74) is 2.36. The highest BCUT2D eigenvalue weighted by Gasteiger charge is 2.21. The molecule has 1 fully saturated rings. The molecule has 0 atom stereocenters. The summed E-state index contributed by atoms with van der Waals surface area (Å²) in [5, 5.41) is 10.5. The van der Waals surface area contributed by atoms with Crippen molar-refractivity contribution >= 4 is 11.6 Å². The van der Waals surface area contributed by atoms with E-state index in [4.69, 9.17) is 4.74 Å². The van der Waals surface area contributed by atoms with Crippen LogP contribution >= 0.6 is 0 Å². The molecule has 0 radical (unpaired) electrons. The molecule has 6 heteroatoms. The molecule has 2 heterocycles. The highest BCUT2D eigenvalue weighted by atomic mass is 16.5. The minimum atomic E-state index is 0.730. The maximum absolute atomic E-state index is 5.85. The van der Waals surface area contributed by atoms with Crippen LogP contribution in [0.1, 0.15) is 24.1 Å². The second kappa shape index (κ2) is 7.34. The molecule has 2 aromatic heterocycles. The Labute approximate surface area is 146 Å². The van der Waals surface area contributed by atoms with Crippen LogP contribution in [0.4, 0.5) is 11.6 Å². The number of aromatic amines is 1. The van der Waals surface area contributed by atoms with Crippen LogP contribution in [0.15, 0.2) is 48.9 Å². The number of aryl methyl sites for hydroxylation is 2. The Kier molecular flexibility index (Phi) is 4.59. The van der Waals surface area contributed by atoms with E-state index in [2.05, 4.69) is 43.7 Å². The van der Waals surface area contributed by atoms with E-state index < -0.39 is 0 Å². The third-order valence-corrected chi connectivity index (χ3v) is 4.23. The Hall–Kier alpha value is -2.89. The molecule has 4 rings (SSSR count). The van der Waals surface area contributed by atoms with Gasteiger partial charge in [0.25, 0.3) is 0 Å². The Bertz CT molecular complexity index is 813. The number of nitrogens with zero attached hydrogens (tertiary/aromatic N) is 3. The molecule has 0 amide bonds. The van der Waals surface area contributed by atoms with E-state index in [9.17, 15) is 0 Å². The predicted octanol–water partition coefficient (Wildman–Crippen LogP) is 3.52. The molecule has 0 bridgehead atoms. The number of rotatable bonds is 8. The molecular weight excluding hydrogens is 314 g/mol. The summed E-state index contributed by atoms with van der Waals surface area (Å²) in [4.78, 5) is 8.03. The Morgan fingerprint density at radius 1 is 1.12 bits per heavy atom. The van der Waals surface area contributed by atoms with Crippen molar-refractivity contribution in [2.75, 3.05) is 11.9 Å². The molecule has 0 saturated heterocycles. The molecule has 0 spiro atoms. The first-order valence-corrected chi connectivity index (χ1v) is 8.64. The SMILES string of the molecule is c1cc(CCc2cc(Nc3ccncn3)n[nH]2)cc(OCC2CC2)c1. The van der Waals surface area contributed by atoms with Gasteiger partial charge in [0.1, 0.15) is 17.9 Å². The number of benzene rings is 1. The van der Waals surface area contributed by atoms with E-state index in [0.29, 0.717) is 0 Å². The number of H-pyrrole nitrogens is 1. The zero-order valence-electron chi connectivity index (χ0n) is 14.0. The first kappa shape index (κ1) is 15.6. The van der Waals surface area contributed by atoms with Crippen LogP contribution in [0, 0.1) is 5.92 Å². The van der Waals surface area contributed by atoms with Crippen molar-refractivity contribution in [1.29, 1.82) is 0 Å². The molecule has 25 heavy (non-hydrogen) atoms. The standard InChI is InChI=1S/C19H21N5O/c1-2-14(10-17(3-1)25-12-15-4-5-15)6-7-16-11-19(24-23-16)22-18-8-9-20-13-21-18/h1-3,8-11,13,15H,4-7,12H2,(H2,20,21,22,23,24). The number of nitrogens with one attached hydrogen (secondary N) is 2. The number of hydrogen-bond acceptors (Lipinski definition) is 5. The molecule has 2 N–H and O–H groups in total. The van der Waals surface area contributed by atoms with Crippen molar-refractivity contribution in [2.24, 2.45) is 5.92 Å². The first-order valence-electron chi connectivity index (χ1n) is 8.64. The zero-order valence-corrected chi connectivity index (χ0v) is 14.0. The van der Waals surface area contributed by atoms with Crippen LogP contribution in [-0.4, -0.2) is 26.8 Å². The molecule has 0 aliphatic heterocycles. The van der Waals surface area contributed by atoms with Gasteiger partial charge in [0.2, 0.25) is 0 Å². The van der Waals surface area contributed by atoms with Gasteiger partial charge in [-0.05, 0) is 55.4 Å². The molecule has 0 unspecified atom stereocenters. The van der Waals surface area contributed by atoms with Gasteiger partial charge >= 0.3 is 0 Å². The average molecular weight is 335 g/mol. The number of aromatic nitrogens is 4. The van der Waals surface area contributed by atoms with Crippen molar-refractivity contribution in [3.8, 4) is 5.75 Å². The van der Waals surface area contributed by atoms with Crippen molar-refractivity contribution in [3.05, 3.63) is 60.2 Å². The van der Waals surface area contributed by atoms with Crippen molar-refractivity contribution in [1.82, 2.24) is 20.2 Å². The van der Waals surface area contributed by atoms with Crippen molar-refractivity contribution in [3.63, 3.8) is 0 Å². The number of ether oxygens (including phenoxy) is 1. The monoisotopic (exact) mass is 335 g/mol. The number of anilines is 2. The third kappa shape index (κ3) is 4.56. The summed E-state index contributed by atoms with van der Waals surface area (Å²) < 4.78 is 5.85. The van der Waals surface area contributed by atoms with Gasteiger partial charge in [-0.1, -0.05) is 12.1 Å². The molecule has 128 valence electrons. The van der Waals surface area contributed by atoms with Crippen LogP contribution in [0.2, 0.25) is 0 Å². The fourth-order valence-corrected chi connectivity index (χ4v) is 2.62. The fourth-order valence-electron chi connectivity index (χ4n) is 2.62. The summed E-state index contributed by atoms with van der Waals surface area (Å²) in [6.07, 6.45) is 7.66.